The van der Waals surface area contributed by atoms with Crippen LogP contribution < -0.4 is 4.72 Å². The lowest BCUT2D eigenvalue weighted by Crippen LogP contribution is -2.56. The quantitative estimate of drug-likeness (QED) is 0.566. The van der Waals surface area contributed by atoms with Crippen LogP contribution in [0.3, 0.4) is 0 Å². The van der Waals surface area contributed by atoms with Gasteiger partial charge in [0.25, 0.3) is 0 Å². The Morgan fingerprint density at radius 1 is 1.17 bits per heavy atom. The molecule has 4 atom stereocenters. The minimum Gasteiger partial charge on any atom is -0.298 e. The highest BCUT2D eigenvalue weighted by Gasteiger charge is 2.41. The van der Waals surface area contributed by atoms with E-state index >= 15 is 0 Å². The number of rotatable bonds is 6. The summed E-state index contributed by atoms with van der Waals surface area (Å²) in [6.45, 7) is 3.88. The molecule has 1 N–H and O–H groups in total. The number of nitrogens with zero attached hydrogens (tertiary/aromatic N) is 4. The Balaban J connectivity index is 1.31. The van der Waals surface area contributed by atoms with E-state index in [9.17, 15) is 18.1 Å². The van der Waals surface area contributed by atoms with Gasteiger partial charge in [0, 0.05) is 36.3 Å². The predicted octanol–water partition coefficient (Wildman–Crippen LogP) is 3.62. The summed E-state index contributed by atoms with van der Waals surface area (Å²) in [5.74, 6) is 1.02. The van der Waals surface area contributed by atoms with Gasteiger partial charge in [0.05, 0.1) is 16.2 Å². The van der Waals surface area contributed by atoms with Crippen LogP contribution in [0.1, 0.15) is 35.8 Å². The third-order valence-electron chi connectivity index (χ3n) is 7.06. The Hall–Kier alpha value is -3.19. The van der Waals surface area contributed by atoms with Crippen LogP contribution in [0.5, 0.6) is 0 Å². The number of halogens is 1. The maximum Gasteiger partial charge on any atom is 0.241 e. The van der Waals surface area contributed by atoms with E-state index in [-0.39, 0.29) is 28.2 Å². The van der Waals surface area contributed by atoms with Gasteiger partial charge in [-0.1, -0.05) is 12.1 Å². The lowest BCUT2D eigenvalue weighted by atomic mass is 9.74. The van der Waals surface area contributed by atoms with Crippen LogP contribution in [0, 0.1) is 30.0 Å². The van der Waals surface area contributed by atoms with Crippen molar-refractivity contribution in [2.24, 2.45) is 5.92 Å². The first-order valence-electron chi connectivity index (χ1n) is 11.7. The highest BCUT2D eigenvalue weighted by Crippen LogP contribution is 2.41. The van der Waals surface area contributed by atoms with E-state index in [2.05, 4.69) is 14.6 Å². The summed E-state index contributed by atoms with van der Waals surface area (Å²) in [5.41, 5.74) is 2.75. The molecule has 9 heteroatoms. The first kappa shape index (κ1) is 23.5. The molecule has 3 fully saturated rings. The Morgan fingerprint density at radius 3 is 2.66 bits per heavy atom. The summed E-state index contributed by atoms with van der Waals surface area (Å²) >= 11 is 0. The third-order valence-corrected chi connectivity index (χ3v) is 8.54. The summed E-state index contributed by atoms with van der Waals surface area (Å²) < 4.78 is 41.8. The minimum absolute atomic E-state index is 0.0149. The minimum atomic E-state index is -3.78. The number of fused-ring (bicyclic) bond motifs is 3. The molecular formula is C26H26FN5O2S. The maximum absolute atomic E-state index is 13.4. The standard InChI is InChI=1S/C26H26FN5O2S/c1-17-30-24(18-6-8-21(27)9-7-18)13-25(31-17)23-16-32-11-10-19(23)12-22(32)15-29-35(33,34)26-5-3-2-4-20(26)14-28/h2-9,13,19,22-23,29H,10-12,15-16H2,1H3/t19-,22+,23+/m0/s1. The summed E-state index contributed by atoms with van der Waals surface area (Å²) in [4.78, 5) is 11.6. The molecule has 4 heterocycles. The lowest BCUT2D eigenvalue weighted by Gasteiger charge is -2.49. The number of aromatic nitrogens is 2. The number of aryl methyl sites for hydroxylation is 1. The molecular weight excluding hydrogens is 465 g/mol. The van der Waals surface area contributed by atoms with Gasteiger partial charge in [0.1, 0.15) is 17.7 Å². The lowest BCUT2D eigenvalue weighted by molar-refractivity contribution is 0.0317. The van der Waals surface area contributed by atoms with Crippen molar-refractivity contribution >= 4 is 10.0 Å². The van der Waals surface area contributed by atoms with Crippen molar-refractivity contribution < 1.29 is 12.8 Å². The number of sulfonamides is 1. The van der Waals surface area contributed by atoms with Gasteiger partial charge in [0.2, 0.25) is 10.0 Å². The molecule has 0 aliphatic carbocycles. The molecule has 0 amide bonds. The smallest absolute Gasteiger partial charge is 0.241 e. The van der Waals surface area contributed by atoms with Crippen LogP contribution in [-0.2, 0) is 10.0 Å². The average Bonchev–Trinajstić information content (AvgIpc) is 2.88. The van der Waals surface area contributed by atoms with Crippen molar-refractivity contribution in [3.05, 3.63) is 77.5 Å². The molecule has 1 aromatic heterocycles. The molecule has 0 radical (unpaired) electrons. The SMILES string of the molecule is Cc1nc(-c2ccc(F)cc2)cc([C@@H]2CN3CC[C@H]2C[C@@H]3CNS(=O)(=O)c2ccccc2C#N)n1. The Labute approximate surface area is 204 Å². The zero-order valence-corrected chi connectivity index (χ0v) is 20.2. The Kier molecular flexibility index (Phi) is 6.36. The molecule has 1 unspecified atom stereocenters. The molecule has 3 aliphatic rings. The number of benzene rings is 2. The van der Waals surface area contributed by atoms with E-state index in [1.165, 1.54) is 24.3 Å². The van der Waals surface area contributed by atoms with Crippen LogP contribution in [0.25, 0.3) is 11.3 Å². The second-order valence-corrected chi connectivity index (χ2v) is 11.0. The van der Waals surface area contributed by atoms with Crippen LogP contribution in [-0.4, -0.2) is 49.0 Å². The molecule has 3 aromatic rings. The van der Waals surface area contributed by atoms with Crippen LogP contribution >= 0.6 is 0 Å². The monoisotopic (exact) mass is 491 g/mol. The molecule has 0 saturated carbocycles. The normalized spacial score (nSPS) is 23.7. The zero-order chi connectivity index (χ0) is 24.6. The van der Waals surface area contributed by atoms with Gasteiger partial charge in [0.15, 0.2) is 0 Å². The fourth-order valence-corrected chi connectivity index (χ4v) is 6.54. The first-order chi connectivity index (χ1) is 16.8. The highest BCUT2D eigenvalue weighted by molar-refractivity contribution is 7.89. The summed E-state index contributed by atoms with van der Waals surface area (Å²) in [7, 11) is -3.78. The van der Waals surface area contributed by atoms with E-state index in [0.717, 1.165) is 42.9 Å². The van der Waals surface area contributed by atoms with Crippen molar-refractivity contribution in [3.63, 3.8) is 0 Å². The second-order valence-electron chi connectivity index (χ2n) is 9.23. The van der Waals surface area contributed by atoms with E-state index in [1.807, 2.05) is 19.1 Å². The van der Waals surface area contributed by atoms with Crippen LogP contribution in [0.2, 0.25) is 0 Å². The molecule has 6 rings (SSSR count). The number of piperidine rings is 3. The zero-order valence-electron chi connectivity index (χ0n) is 19.4. The third kappa shape index (κ3) is 4.82. The molecule has 2 aromatic carbocycles. The number of nitrogens with one attached hydrogen (secondary N) is 1. The van der Waals surface area contributed by atoms with Gasteiger partial charge in [-0.25, -0.2) is 27.5 Å². The summed E-state index contributed by atoms with van der Waals surface area (Å²) in [5, 5.41) is 9.27. The second kappa shape index (κ2) is 9.46. The number of nitriles is 1. The fraction of sp³-hybridized carbons (Fsp3) is 0.346. The molecule has 2 bridgehead atoms. The summed E-state index contributed by atoms with van der Waals surface area (Å²) in [6, 6.07) is 16.6. The van der Waals surface area contributed by atoms with Crippen molar-refractivity contribution in [3.8, 4) is 17.3 Å². The molecule has 3 aliphatic heterocycles. The van der Waals surface area contributed by atoms with Crippen molar-refractivity contribution in [2.75, 3.05) is 19.6 Å². The number of hydrogen-bond donors (Lipinski definition) is 1. The average molecular weight is 492 g/mol. The van der Waals surface area contributed by atoms with Gasteiger partial charge in [-0.3, -0.25) is 4.90 Å². The summed E-state index contributed by atoms with van der Waals surface area (Å²) in [6.07, 6.45) is 1.89. The molecule has 0 spiro atoms. The highest BCUT2D eigenvalue weighted by atomic mass is 32.2. The van der Waals surface area contributed by atoms with E-state index in [1.54, 1.807) is 24.3 Å². The number of hydrogen-bond acceptors (Lipinski definition) is 6. The molecule has 7 nitrogen and oxygen atoms in total. The van der Waals surface area contributed by atoms with Gasteiger partial charge in [-0.15, -0.1) is 0 Å². The van der Waals surface area contributed by atoms with Crippen LogP contribution in [0.15, 0.2) is 59.5 Å². The van der Waals surface area contributed by atoms with Crippen LogP contribution in [0.4, 0.5) is 4.39 Å². The van der Waals surface area contributed by atoms with Crippen molar-refractivity contribution in [2.45, 2.75) is 36.6 Å². The largest absolute Gasteiger partial charge is 0.298 e. The van der Waals surface area contributed by atoms with Gasteiger partial charge < -0.3 is 0 Å². The van der Waals surface area contributed by atoms with Gasteiger partial charge in [-0.05, 0) is 74.7 Å². The Morgan fingerprint density at radius 2 is 1.94 bits per heavy atom. The van der Waals surface area contributed by atoms with Crippen molar-refractivity contribution in [1.82, 2.24) is 19.6 Å². The maximum atomic E-state index is 13.4. The molecule has 3 saturated heterocycles. The topological polar surface area (TPSA) is 99.0 Å². The van der Waals surface area contributed by atoms with E-state index in [4.69, 9.17) is 4.98 Å². The van der Waals surface area contributed by atoms with Gasteiger partial charge >= 0.3 is 0 Å². The fourth-order valence-electron chi connectivity index (χ4n) is 5.31. The van der Waals surface area contributed by atoms with Gasteiger partial charge in [-0.2, -0.15) is 5.26 Å². The Bertz CT molecular complexity index is 1390. The molecule has 180 valence electrons. The molecule has 35 heavy (non-hydrogen) atoms. The van der Waals surface area contributed by atoms with E-state index < -0.39 is 10.0 Å². The first-order valence-corrected chi connectivity index (χ1v) is 13.2. The predicted molar refractivity (Wildman–Crippen MR) is 129 cm³/mol. The van der Waals surface area contributed by atoms with Crippen molar-refractivity contribution in [1.29, 1.82) is 5.26 Å². The van der Waals surface area contributed by atoms with E-state index in [0.29, 0.717) is 18.3 Å².